The van der Waals surface area contributed by atoms with Gasteiger partial charge in [0.25, 0.3) is 5.91 Å². The van der Waals surface area contributed by atoms with Gasteiger partial charge in [0.2, 0.25) is 0 Å². The largest absolute Gasteiger partial charge is 0.492 e. The van der Waals surface area contributed by atoms with E-state index >= 15 is 0 Å². The van der Waals surface area contributed by atoms with Crippen LogP contribution in [0.25, 0.3) is 0 Å². The first-order valence-corrected chi connectivity index (χ1v) is 8.24. The molecule has 1 aliphatic heterocycles. The van der Waals surface area contributed by atoms with Crippen LogP contribution < -0.4 is 9.64 Å². The summed E-state index contributed by atoms with van der Waals surface area (Å²) >= 11 is 0. The molecule has 5 nitrogen and oxygen atoms in total. The number of anilines is 1. The van der Waals surface area contributed by atoms with Crippen molar-refractivity contribution in [3.05, 3.63) is 59.7 Å². The van der Waals surface area contributed by atoms with Gasteiger partial charge in [0.15, 0.2) is 5.60 Å². The predicted molar refractivity (Wildman–Crippen MR) is 94.7 cm³/mol. The average molecular weight is 339 g/mol. The van der Waals surface area contributed by atoms with Crippen LogP contribution in [-0.2, 0) is 15.2 Å². The summed E-state index contributed by atoms with van der Waals surface area (Å²) in [7, 11) is 0. The summed E-state index contributed by atoms with van der Waals surface area (Å²) in [6.07, 6.45) is -0.224. The number of carbonyl (C=O) groups is 2. The number of aliphatic hydroxyl groups is 1. The molecule has 0 radical (unpaired) electrons. The van der Waals surface area contributed by atoms with E-state index in [9.17, 15) is 14.7 Å². The fraction of sp³-hybridized carbons (Fsp3) is 0.300. The number of hydrogen-bond acceptors (Lipinski definition) is 4. The van der Waals surface area contributed by atoms with E-state index in [0.29, 0.717) is 24.4 Å². The lowest BCUT2D eigenvalue weighted by atomic mass is 9.90. The van der Waals surface area contributed by atoms with Crippen molar-refractivity contribution in [2.75, 3.05) is 18.1 Å². The number of rotatable bonds is 6. The number of amides is 1. The third-order valence-corrected chi connectivity index (χ3v) is 4.35. The number of hydrogen-bond donors (Lipinski definition) is 1. The van der Waals surface area contributed by atoms with E-state index in [1.807, 2.05) is 31.2 Å². The molecule has 0 unspecified atom stereocenters. The molecule has 0 aliphatic carbocycles. The molecule has 1 heterocycles. The van der Waals surface area contributed by atoms with Gasteiger partial charge < -0.3 is 14.7 Å². The van der Waals surface area contributed by atoms with Crippen molar-refractivity contribution < 1.29 is 19.4 Å². The highest BCUT2D eigenvalue weighted by molar-refractivity contribution is 6.08. The molecule has 1 amide bonds. The SMILES string of the molecule is CC(=O)C[C@]1(O)C(=O)N(CCOc2ccc(C)cc2)c2ccccc21. The van der Waals surface area contributed by atoms with Crippen LogP contribution in [0.15, 0.2) is 48.5 Å². The molecule has 1 atom stereocenters. The minimum absolute atomic E-state index is 0.224. The Morgan fingerprint density at radius 3 is 2.52 bits per heavy atom. The van der Waals surface area contributed by atoms with Crippen LogP contribution in [0.4, 0.5) is 5.69 Å². The lowest BCUT2D eigenvalue weighted by Gasteiger charge is -2.22. The van der Waals surface area contributed by atoms with Gasteiger partial charge >= 0.3 is 0 Å². The van der Waals surface area contributed by atoms with E-state index in [1.165, 1.54) is 11.8 Å². The highest BCUT2D eigenvalue weighted by atomic mass is 16.5. The molecule has 0 fully saturated rings. The maximum atomic E-state index is 12.8. The predicted octanol–water partition coefficient (Wildman–Crippen LogP) is 2.59. The third-order valence-electron chi connectivity index (χ3n) is 4.35. The van der Waals surface area contributed by atoms with Crippen molar-refractivity contribution in [3.63, 3.8) is 0 Å². The molecule has 25 heavy (non-hydrogen) atoms. The molecule has 0 saturated heterocycles. The Morgan fingerprint density at radius 1 is 1.16 bits per heavy atom. The van der Waals surface area contributed by atoms with Crippen LogP contribution in [0.3, 0.4) is 0 Å². The molecule has 0 aromatic heterocycles. The molecule has 1 aliphatic rings. The lowest BCUT2D eigenvalue weighted by Crippen LogP contribution is -2.43. The molecule has 2 aromatic rings. The fourth-order valence-corrected chi connectivity index (χ4v) is 3.15. The molecule has 2 aromatic carbocycles. The fourth-order valence-electron chi connectivity index (χ4n) is 3.15. The Bertz CT molecular complexity index is 800. The maximum Gasteiger partial charge on any atom is 0.264 e. The maximum absolute atomic E-state index is 12.8. The first-order valence-electron chi connectivity index (χ1n) is 8.24. The number of fused-ring (bicyclic) bond motifs is 1. The van der Waals surface area contributed by atoms with Crippen LogP contribution in [-0.4, -0.2) is 29.9 Å². The summed E-state index contributed by atoms with van der Waals surface area (Å²) in [6, 6.07) is 14.7. The van der Waals surface area contributed by atoms with Gasteiger partial charge in [0.1, 0.15) is 18.1 Å². The molecule has 1 N–H and O–H groups in total. The summed E-state index contributed by atoms with van der Waals surface area (Å²) in [4.78, 5) is 25.8. The van der Waals surface area contributed by atoms with E-state index < -0.39 is 11.5 Å². The second-order valence-corrected chi connectivity index (χ2v) is 6.37. The average Bonchev–Trinajstić information content (AvgIpc) is 2.78. The number of ether oxygens (including phenoxy) is 1. The Morgan fingerprint density at radius 2 is 1.84 bits per heavy atom. The van der Waals surface area contributed by atoms with Crippen molar-refractivity contribution in [1.82, 2.24) is 0 Å². The number of benzene rings is 2. The second-order valence-electron chi connectivity index (χ2n) is 6.37. The van der Waals surface area contributed by atoms with Crippen LogP contribution >= 0.6 is 0 Å². The molecule has 5 heteroatoms. The first-order chi connectivity index (χ1) is 11.9. The van der Waals surface area contributed by atoms with E-state index in [4.69, 9.17) is 4.74 Å². The highest BCUT2D eigenvalue weighted by Crippen LogP contribution is 2.42. The van der Waals surface area contributed by atoms with E-state index in [2.05, 4.69) is 0 Å². The quantitative estimate of drug-likeness (QED) is 0.878. The number of aryl methyl sites for hydroxylation is 1. The molecule has 0 saturated carbocycles. The number of para-hydroxylation sites is 1. The summed E-state index contributed by atoms with van der Waals surface area (Å²) < 4.78 is 5.69. The number of Topliss-reactive ketones (excluding diaryl/α,β-unsaturated/α-hetero) is 1. The van der Waals surface area contributed by atoms with Gasteiger partial charge in [-0.05, 0) is 32.0 Å². The Hall–Kier alpha value is -2.66. The van der Waals surface area contributed by atoms with Gasteiger partial charge in [0, 0.05) is 12.0 Å². The second kappa shape index (κ2) is 6.69. The van der Waals surface area contributed by atoms with Crippen LogP contribution in [0, 0.1) is 6.92 Å². The Balaban J connectivity index is 1.76. The van der Waals surface area contributed by atoms with Gasteiger partial charge in [-0.2, -0.15) is 0 Å². The zero-order valence-corrected chi connectivity index (χ0v) is 14.4. The van der Waals surface area contributed by atoms with Gasteiger partial charge in [-0.1, -0.05) is 35.9 Å². The van der Waals surface area contributed by atoms with Gasteiger partial charge in [0.05, 0.1) is 12.2 Å². The van der Waals surface area contributed by atoms with Gasteiger partial charge in [-0.15, -0.1) is 0 Å². The monoisotopic (exact) mass is 339 g/mol. The van der Waals surface area contributed by atoms with Crippen molar-refractivity contribution >= 4 is 17.4 Å². The zero-order valence-electron chi connectivity index (χ0n) is 14.4. The lowest BCUT2D eigenvalue weighted by molar-refractivity contribution is -0.141. The zero-order chi connectivity index (χ0) is 18.0. The standard InChI is InChI=1S/C20H21NO4/c1-14-7-9-16(10-8-14)25-12-11-21-18-6-4-3-5-17(18)20(24,19(21)23)13-15(2)22/h3-10,24H,11-13H2,1-2H3/t20-/m1/s1. The topological polar surface area (TPSA) is 66.8 Å². The highest BCUT2D eigenvalue weighted by Gasteiger charge is 2.50. The molecular weight excluding hydrogens is 318 g/mol. The Labute approximate surface area is 146 Å². The smallest absolute Gasteiger partial charge is 0.264 e. The molecule has 0 bridgehead atoms. The van der Waals surface area contributed by atoms with Crippen LogP contribution in [0.5, 0.6) is 5.75 Å². The summed E-state index contributed by atoms with van der Waals surface area (Å²) in [6.45, 7) is 3.96. The van der Waals surface area contributed by atoms with Crippen LogP contribution in [0.2, 0.25) is 0 Å². The first kappa shape index (κ1) is 17.2. The minimum atomic E-state index is -1.79. The molecule has 0 spiro atoms. The summed E-state index contributed by atoms with van der Waals surface area (Å²) in [5.41, 5.74) is 0.464. The van der Waals surface area contributed by atoms with Crippen LogP contribution in [0.1, 0.15) is 24.5 Å². The third kappa shape index (κ3) is 3.28. The van der Waals surface area contributed by atoms with Crippen molar-refractivity contribution in [1.29, 1.82) is 0 Å². The van der Waals surface area contributed by atoms with Crippen molar-refractivity contribution in [2.45, 2.75) is 25.9 Å². The van der Waals surface area contributed by atoms with Crippen molar-refractivity contribution in [2.24, 2.45) is 0 Å². The Kier molecular flexibility index (Phi) is 4.59. The normalized spacial score (nSPS) is 19.0. The summed E-state index contributed by atoms with van der Waals surface area (Å²) in [5, 5.41) is 10.8. The summed E-state index contributed by atoms with van der Waals surface area (Å²) in [5.74, 6) is 0.0179. The van der Waals surface area contributed by atoms with Crippen molar-refractivity contribution in [3.8, 4) is 5.75 Å². The van der Waals surface area contributed by atoms with E-state index in [0.717, 1.165) is 11.3 Å². The van der Waals surface area contributed by atoms with E-state index in [-0.39, 0.29) is 12.2 Å². The number of carbonyl (C=O) groups excluding carboxylic acids is 2. The van der Waals surface area contributed by atoms with Gasteiger partial charge in [-0.25, -0.2) is 0 Å². The minimum Gasteiger partial charge on any atom is -0.492 e. The number of ketones is 1. The van der Waals surface area contributed by atoms with Gasteiger partial charge in [-0.3, -0.25) is 9.59 Å². The molecular formula is C20H21NO4. The number of nitrogens with zero attached hydrogens (tertiary/aromatic N) is 1. The molecule has 3 rings (SSSR count). The molecule has 130 valence electrons. The van der Waals surface area contributed by atoms with E-state index in [1.54, 1.807) is 24.3 Å².